The topological polar surface area (TPSA) is 24.9 Å². The second-order valence-corrected chi connectivity index (χ2v) is 4.69. The van der Waals surface area contributed by atoms with Gasteiger partial charge in [-0.1, -0.05) is 0 Å². The number of halogens is 3. The van der Waals surface area contributed by atoms with Gasteiger partial charge in [0, 0.05) is 17.2 Å². The van der Waals surface area contributed by atoms with E-state index in [9.17, 15) is 8.78 Å². The summed E-state index contributed by atoms with van der Waals surface area (Å²) < 4.78 is 27.2. The lowest BCUT2D eigenvalue weighted by Crippen LogP contribution is -2.07. The van der Waals surface area contributed by atoms with Gasteiger partial charge in [0.2, 0.25) is 0 Å². The summed E-state index contributed by atoms with van der Waals surface area (Å²) in [5, 5.41) is 3.05. The Hall–Kier alpha value is -1.49. The number of nitrogens with one attached hydrogen (secondary N) is 1. The largest absolute Gasteiger partial charge is 0.370 e. The second-order valence-electron chi connectivity index (χ2n) is 3.77. The van der Waals surface area contributed by atoms with Crippen LogP contribution in [0.4, 0.5) is 14.6 Å². The van der Waals surface area contributed by atoms with E-state index in [4.69, 9.17) is 0 Å². The van der Waals surface area contributed by atoms with Crippen LogP contribution in [0.15, 0.2) is 41.0 Å². The van der Waals surface area contributed by atoms with E-state index in [1.165, 1.54) is 6.07 Å². The molecule has 18 heavy (non-hydrogen) atoms. The van der Waals surface area contributed by atoms with Crippen LogP contribution in [-0.4, -0.2) is 11.5 Å². The Morgan fingerprint density at radius 2 is 2.00 bits per heavy atom. The van der Waals surface area contributed by atoms with Crippen LogP contribution in [0.2, 0.25) is 0 Å². The Bertz CT molecular complexity index is 529. The molecule has 0 aliphatic carbocycles. The van der Waals surface area contributed by atoms with Crippen molar-refractivity contribution in [2.75, 3.05) is 11.9 Å². The van der Waals surface area contributed by atoms with E-state index in [-0.39, 0.29) is 5.82 Å². The fraction of sp³-hybridized carbons (Fsp3) is 0.154. The summed E-state index contributed by atoms with van der Waals surface area (Å²) in [5.41, 5.74) is 0.361. The zero-order valence-corrected chi connectivity index (χ0v) is 11.0. The summed E-state index contributed by atoms with van der Waals surface area (Å²) in [6, 6.07) is 7.14. The van der Waals surface area contributed by atoms with Gasteiger partial charge in [0.1, 0.15) is 17.5 Å². The molecule has 2 nitrogen and oxygen atoms in total. The molecule has 0 saturated carbocycles. The van der Waals surface area contributed by atoms with Crippen molar-refractivity contribution in [2.45, 2.75) is 6.42 Å². The monoisotopic (exact) mass is 312 g/mol. The first kappa shape index (κ1) is 13.0. The van der Waals surface area contributed by atoms with E-state index in [1.54, 1.807) is 6.20 Å². The highest BCUT2D eigenvalue weighted by atomic mass is 79.9. The van der Waals surface area contributed by atoms with Gasteiger partial charge in [-0.2, -0.15) is 0 Å². The fourth-order valence-electron chi connectivity index (χ4n) is 1.54. The second kappa shape index (κ2) is 5.91. The summed E-state index contributed by atoms with van der Waals surface area (Å²) in [4.78, 5) is 4.12. The highest BCUT2D eigenvalue weighted by molar-refractivity contribution is 9.10. The van der Waals surface area contributed by atoms with Gasteiger partial charge in [0.05, 0.1) is 0 Å². The first-order valence-corrected chi connectivity index (χ1v) is 6.24. The van der Waals surface area contributed by atoms with Crippen molar-refractivity contribution in [1.82, 2.24) is 4.98 Å². The molecule has 0 unspecified atom stereocenters. The minimum Gasteiger partial charge on any atom is -0.370 e. The van der Waals surface area contributed by atoms with E-state index in [0.29, 0.717) is 24.3 Å². The average Bonchev–Trinajstić information content (AvgIpc) is 2.36. The van der Waals surface area contributed by atoms with Crippen LogP contribution in [0.3, 0.4) is 0 Å². The third-order valence-corrected chi connectivity index (χ3v) is 2.90. The Labute approximate surface area is 112 Å². The van der Waals surface area contributed by atoms with Crippen LogP contribution in [0.5, 0.6) is 0 Å². The van der Waals surface area contributed by atoms with E-state index < -0.39 is 5.82 Å². The average molecular weight is 313 g/mol. The Morgan fingerprint density at radius 1 is 1.17 bits per heavy atom. The predicted molar refractivity (Wildman–Crippen MR) is 70.5 cm³/mol. The molecule has 1 aromatic carbocycles. The first-order chi connectivity index (χ1) is 8.65. The van der Waals surface area contributed by atoms with Crippen molar-refractivity contribution in [3.05, 3.63) is 58.2 Å². The standard InChI is InChI=1S/C13H11BrF2N2/c14-10-1-4-13(18-8-10)17-6-5-9-7-11(15)2-3-12(9)16/h1-4,7-8H,5-6H2,(H,17,18). The minimum atomic E-state index is -0.423. The molecule has 5 heteroatoms. The van der Waals surface area contributed by atoms with Crippen LogP contribution in [-0.2, 0) is 6.42 Å². The van der Waals surface area contributed by atoms with Gasteiger partial charge >= 0.3 is 0 Å². The van der Waals surface area contributed by atoms with Crippen molar-refractivity contribution >= 4 is 21.7 Å². The van der Waals surface area contributed by atoms with Gasteiger partial charge < -0.3 is 5.32 Å². The van der Waals surface area contributed by atoms with Gasteiger partial charge in [-0.05, 0) is 58.2 Å². The quantitative estimate of drug-likeness (QED) is 0.929. The molecule has 1 aromatic heterocycles. The molecule has 0 atom stereocenters. The van der Waals surface area contributed by atoms with Crippen molar-refractivity contribution in [2.24, 2.45) is 0 Å². The van der Waals surface area contributed by atoms with Crippen LogP contribution < -0.4 is 5.32 Å². The summed E-state index contributed by atoms with van der Waals surface area (Å²) in [7, 11) is 0. The lowest BCUT2D eigenvalue weighted by atomic mass is 10.1. The van der Waals surface area contributed by atoms with Crippen molar-refractivity contribution < 1.29 is 8.78 Å². The van der Waals surface area contributed by atoms with E-state index >= 15 is 0 Å². The molecule has 0 fully saturated rings. The van der Waals surface area contributed by atoms with E-state index in [0.717, 1.165) is 16.6 Å². The van der Waals surface area contributed by atoms with Crippen molar-refractivity contribution in [1.29, 1.82) is 0 Å². The summed E-state index contributed by atoms with van der Waals surface area (Å²) in [5.74, 6) is -0.106. The summed E-state index contributed by atoms with van der Waals surface area (Å²) >= 11 is 3.29. The number of nitrogens with zero attached hydrogens (tertiary/aromatic N) is 1. The molecule has 0 aliphatic heterocycles. The lowest BCUT2D eigenvalue weighted by Gasteiger charge is -2.06. The van der Waals surface area contributed by atoms with Gasteiger partial charge in [-0.15, -0.1) is 0 Å². The van der Waals surface area contributed by atoms with Crippen LogP contribution in [0.25, 0.3) is 0 Å². The Balaban J connectivity index is 1.92. The van der Waals surface area contributed by atoms with Gasteiger partial charge in [-0.25, -0.2) is 13.8 Å². The number of hydrogen-bond donors (Lipinski definition) is 1. The molecule has 0 spiro atoms. The third-order valence-electron chi connectivity index (χ3n) is 2.44. The van der Waals surface area contributed by atoms with Crippen LogP contribution >= 0.6 is 15.9 Å². The van der Waals surface area contributed by atoms with Crippen LogP contribution in [0.1, 0.15) is 5.56 Å². The van der Waals surface area contributed by atoms with Crippen molar-refractivity contribution in [3.8, 4) is 0 Å². The van der Waals surface area contributed by atoms with Gasteiger partial charge in [-0.3, -0.25) is 0 Å². The van der Waals surface area contributed by atoms with E-state index in [2.05, 4.69) is 26.2 Å². The maximum absolute atomic E-state index is 13.3. The van der Waals surface area contributed by atoms with Crippen molar-refractivity contribution in [3.63, 3.8) is 0 Å². The first-order valence-electron chi connectivity index (χ1n) is 5.44. The number of hydrogen-bond acceptors (Lipinski definition) is 2. The molecule has 1 N–H and O–H groups in total. The number of pyridine rings is 1. The number of aromatic nitrogens is 1. The highest BCUT2D eigenvalue weighted by Crippen LogP contribution is 2.12. The molecule has 94 valence electrons. The third kappa shape index (κ3) is 3.50. The molecule has 1 heterocycles. The molecular formula is C13H11BrF2N2. The molecule has 0 saturated heterocycles. The fourth-order valence-corrected chi connectivity index (χ4v) is 1.78. The highest BCUT2D eigenvalue weighted by Gasteiger charge is 2.03. The number of rotatable bonds is 4. The zero-order valence-electron chi connectivity index (χ0n) is 9.46. The Morgan fingerprint density at radius 3 is 2.72 bits per heavy atom. The summed E-state index contributed by atoms with van der Waals surface area (Å²) in [6.07, 6.45) is 2.08. The molecule has 2 rings (SSSR count). The Kier molecular flexibility index (Phi) is 4.25. The van der Waals surface area contributed by atoms with Gasteiger partial charge in [0.15, 0.2) is 0 Å². The molecule has 0 radical (unpaired) electrons. The molecule has 2 aromatic rings. The molecule has 0 aliphatic rings. The lowest BCUT2D eigenvalue weighted by molar-refractivity contribution is 0.586. The maximum atomic E-state index is 13.3. The SMILES string of the molecule is Fc1ccc(F)c(CCNc2ccc(Br)cn2)c1. The summed E-state index contributed by atoms with van der Waals surface area (Å²) in [6.45, 7) is 0.495. The normalized spacial score (nSPS) is 10.4. The van der Waals surface area contributed by atoms with E-state index in [1.807, 2.05) is 12.1 Å². The number of anilines is 1. The predicted octanol–water partition coefficient (Wildman–Crippen LogP) is 3.78. The molecule has 0 amide bonds. The zero-order chi connectivity index (χ0) is 13.0. The van der Waals surface area contributed by atoms with Gasteiger partial charge in [0.25, 0.3) is 0 Å². The van der Waals surface area contributed by atoms with Crippen LogP contribution in [0, 0.1) is 11.6 Å². The number of benzene rings is 1. The molecular weight excluding hydrogens is 302 g/mol. The maximum Gasteiger partial charge on any atom is 0.126 e. The minimum absolute atomic E-state index is 0.361. The smallest absolute Gasteiger partial charge is 0.126 e. The molecule has 0 bridgehead atoms.